The van der Waals surface area contributed by atoms with Crippen LogP contribution in [0, 0.1) is 0 Å². The van der Waals surface area contributed by atoms with Crippen molar-refractivity contribution in [3.05, 3.63) is 12.2 Å². The van der Waals surface area contributed by atoms with Crippen LogP contribution >= 0.6 is 9.19 Å². The third-order valence-electron chi connectivity index (χ3n) is 1.66. The molecule has 0 heterocycles. The average molecular weight is 343 g/mol. The van der Waals surface area contributed by atoms with E-state index in [0.29, 0.717) is 0 Å². The van der Waals surface area contributed by atoms with Crippen LogP contribution in [0.25, 0.3) is 0 Å². The second kappa shape index (κ2) is 9.77. The fraction of sp³-hybridized carbons (Fsp3) is 0.750. The van der Waals surface area contributed by atoms with Gasteiger partial charge in [0.15, 0.2) is 0 Å². The number of rotatable bonds is 0. The van der Waals surface area contributed by atoms with Crippen LogP contribution in [-0.4, -0.2) is 0 Å². The topological polar surface area (TPSA) is 0 Å². The molecule has 0 nitrogen and oxygen atoms in total. The first-order valence-corrected chi connectivity index (χ1v) is 6.45. The summed E-state index contributed by atoms with van der Waals surface area (Å²) in [5.74, 6) is 0. The Balaban J connectivity index is 0.000000371. The van der Waals surface area contributed by atoms with Crippen LogP contribution in [-0.2, 0) is 20.0 Å². The average Bonchev–Trinajstić information content (AvgIpc) is 1.90. The fourth-order valence-electron chi connectivity index (χ4n) is 1.11. The fourth-order valence-corrected chi connectivity index (χ4v) is 1.11. The molecule has 0 radical (unpaired) electrons. The monoisotopic (exact) mass is 342 g/mol. The van der Waals surface area contributed by atoms with E-state index in [4.69, 9.17) is 0 Å². The molecule has 0 aromatic carbocycles. The summed E-state index contributed by atoms with van der Waals surface area (Å²) in [4.78, 5) is 0. The van der Waals surface area contributed by atoms with Gasteiger partial charge in [-0.3, -0.25) is 0 Å². The molecule has 0 aliphatic heterocycles. The molecule has 0 saturated carbocycles. The van der Waals surface area contributed by atoms with Gasteiger partial charge >= 0.3 is 29.2 Å². The van der Waals surface area contributed by atoms with Crippen molar-refractivity contribution in [1.82, 2.24) is 0 Å². The van der Waals surface area contributed by atoms with Crippen molar-refractivity contribution in [2.45, 2.75) is 38.5 Å². The third-order valence-corrected chi connectivity index (χ3v) is 1.66. The van der Waals surface area contributed by atoms with E-state index in [1.807, 2.05) is 0 Å². The molecule has 0 fully saturated rings. The van der Waals surface area contributed by atoms with Gasteiger partial charge in [0.05, 0.1) is 0 Å². The van der Waals surface area contributed by atoms with Crippen molar-refractivity contribution in [3.63, 3.8) is 0 Å². The van der Waals surface area contributed by atoms with E-state index in [1.165, 1.54) is 38.5 Å². The maximum atomic E-state index is 4.58. The van der Waals surface area contributed by atoms with Gasteiger partial charge in [0.2, 0.25) is 0 Å². The van der Waals surface area contributed by atoms with Crippen LogP contribution in [0.5, 0.6) is 0 Å². The predicted octanol–water partition coefficient (Wildman–Crippen LogP) is 3.58. The second-order valence-corrected chi connectivity index (χ2v) is 2.46. The molecule has 1 aliphatic carbocycles. The first-order chi connectivity index (χ1) is 5.00. The molecule has 0 N–H and O–H groups in total. The first kappa shape index (κ1) is 10.8. The minimum absolute atomic E-state index is 1.32. The molecular weight excluding hydrogens is 329 g/mol. The van der Waals surface area contributed by atoms with E-state index in [2.05, 4.69) is 21.3 Å². The van der Waals surface area contributed by atoms with Gasteiger partial charge in [-0.15, -0.1) is 0 Å². The second-order valence-electron chi connectivity index (χ2n) is 2.46. The summed E-state index contributed by atoms with van der Waals surface area (Å²) >= 11 is 1.75. The van der Waals surface area contributed by atoms with Gasteiger partial charge in [0.1, 0.15) is 0 Å². The number of halogens is 1. The molecule has 64 valence electrons. The van der Waals surface area contributed by atoms with Gasteiger partial charge in [-0.1, -0.05) is 25.0 Å². The number of hydrogen-bond acceptors (Lipinski definition) is 0. The summed E-state index contributed by atoms with van der Waals surface area (Å²) in [7, 11) is 4.58. The number of hydrogen-bond donors (Lipinski definition) is 0. The molecule has 0 bridgehead atoms. The molecule has 0 aromatic rings. The van der Waals surface area contributed by atoms with Crippen LogP contribution in [0.1, 0.15) is 38.5 Å². The minimum atomic E-state index is 1.32. The molecular formula is C8H14AuCl. The predicted molar refractivity (Wildman–Crippen MR) is 42.7 cm³/mol. The van der Waals surface area contributed by atoms with E-state index >= 15 is 0 Å². The van der Waals surface area contributed by atoms with Gasteiger partial charge in [-0.2, -0.15) is 0 Å². The van der Waals surface area contributed by atoms with E-state index in [9.17, 15) is 0 Å². The van der Waals surface area contributed by atoms with E-state index in [1.54, 1.807) is 20.0 Å². The standard InChI is InChI=1S/C8H14.Au.ClH/c1-2-4-6-8-7-5-3-1;;/h1-2H,3-8H2;;1H/q;+1;/p-1/b2-1+;;. The zero-order valence-electron chi connectivity index (χ0n) is 6.08. The molecule has 1 aliphatic rings. The van der Waals surface area contributed by atoms with Crippen LogP contribution in [0.15, 0.2) is 12.2 Å². The van der Waals surface area contributed by atoms with Crippen LogP contribution < -0.4 is 0 Å². The molecule has 10 heavy (non-hydrogen) atoms. The van der Waals surface area contributed by atoms with Gasteiger partial charge in [-0.25, -0.2) is 0 Å². The van der Waals surface area contributed by atoms with Crippen molar-refractivity contribution in [1.29, 1.82) is 0 Å². The van der Waals surface area contributed by atoms with Gasteiger partial charge in [0.25, 0.3) is 0 Å². The van der Waals surface area contributed by atoms with Crippen molar-refractivity contribution in [2.75, 3.05) is 0 Å². The Bertz CT molecular complexity index is 71.3. The quantitative estimate of drug-likeness (QED) is 0.466. The third kappa shape index (κ3) is 6.88. The van der Waals surface area contributed by atoms with Crippen LogP contribution in [0.4, 0.5) is 0 Å². The molecule has 0 amide bonds. The van der Waals surface area contributed by atoms with Crippen LogP contribution in [0.2, 0.25) is 0 Å². The summed E-state index contributed by atoms with van der Waals surface area (Å²) in [5.41, 5.74) is 0. The van der Waals surface area contributed by atoms with E-state index in [-0.39, 0.29) is 0 Å². The molecule has 0 spiro atoms. The molecule has 0 aromatic heterocycles. The Labute approximate surface area is 79.8 Å². The summed E-state index contributed by atoms with van der Waals surface area (Å²) in [6.45, 7) is 0. The SMILES string of the molecule is C1=C/CCCCCC/1.[Cl][Au]. The number of allylic oxidation sites excluding steroid dienone is 2. The normalized spacial score (nSPS) is 21.5. The van der Waals surface area contributed by atoms with Crippen molar-refractivity contribution in [3.8, 4) is 0 Å². The Morgan fingerprint density at radius 1 is 0.800 bits per heavy atom. The first-order valence-electron chi connectivity index (χ1n) is 3.76. The Kier molecular flexibility index (Phi) is 10.5. The summed E-state index contributed by atoms with van der Waals surface area (Å²) in [5, 5.41) is 0. The Morgan fingerprint density at radius 3 is 1.60 bits per heavy atom. The zero-order valence-corrected chi connectivity index (χ0v) is 9.00. The molecule has 2 heteroatoms. The Morgan fingerprint density at radius 2 is 1.20 bits per heavy atom. The zero-order chi connectivity index (χ0) is 7.66. The van der Waals surface area contributed by atoms with Crippen molar-refractivity contribution >= 4 is 9.19 Å². The van der Waals surface area contributed by atoms with Crippen molar-refractivity contribution < 1.29 is 20.0 Å². The summed E-state index contributed by atoms with van der Waals surface area (Å²) in [6.07, 6.45) is 13.0. The van der Waals surface area contributed by atoms with E-state index in [0.717, 1.165) is 0 Å². The van der Waals surface area contributed by atoms with Crippen LogP contribution in [0.3, 0.4) is 0 Å². The van der Waals surface area contributed by atoms with E-state index < -0.39 is 0 Å². The summed E-state index contributed by atoms with van der Waals surface area (Å²) < 4.78 is 0. The Hall–Kier alpha value is 0.770. The summed E-state index contributed by atoms with van der Waals surface area (Å²) in [6, 6.07) is 0. The van der Waals surface area contributed by atoms with Gasteiger partial charge < -0.3 is 0 Å². The van der Waals surface area contributed by atoms with Crippen molar-refractivity contribution in [2.24, 2.45) is 0 Å². The molecule has 0 unspecified atom stereocenters. The van der Waals surface area contributed by atoms with Gasteiger partial charge in [0, 0.05) is 0 Å². The maximum absolute atomic E-state index is 4.58. The molecule has 1 rings (SSSR count). The molecule has 0 saturated heterocycles. The molecule has 0 atom stereocenters. The van der Waals surface area contributed by atoms with Gasteiger partial charge in [-0.05, 0) is 25.7 Å².